The summed E-state index contributed by atoms with van der Waals surface area (Å²) in [5, 5.41) is 12.4. The molecule has 2 unspecified atom stereocenters. The fourth-order valence-corrected chi connectivity index (χ4v) is 1.98. The van der Waals surface area contributed by atoms with Crippen LogP contribution >= 0.6 is 0 Å². The first-order valence-electron chi connectivity index (χ1n) is 6.42. The normalized spacial score (nSPS) is 16.5. The lowest BCUT2D eigenvalue weighted by Gasteiger charge is -2.31. The van der Waals surface area contributed by atoms with Crippen LogP contribution in [0.15, 0.2) is 0 Å². The van der Waals surface area contributed by atoms with E-state index in [1.54, 1.807) is 7.11 Å². The van der Waals surface area contributed by atoms with Gasteiger partial charge in [-0.15, -0.1) is 0 Å². The largest absolute Gasteiger partial charge is 0.383 e. The number of ether oxygens (including phenoxy) is 1. The molecule has 4 heteroatoms. The van der Waals surface area contributed by atoms with Crippen LogP contribution < -0.4 is 5.32 Å². The van der Waals surface area contributed by atoms with Crippen molar-refractivity contribution in [2.24, 2.45) is 0 Å². The van der Waals surface area contributed by atoms with E-state index in [2.05, 4.69) is 30.1 Å². The molecule has 0 spiro atoms. The van der Waals surface area contributed by atoms with Gasteiger partial charge in [0.25, 0.3) is 0 Å². The van der Waals surface area contributed by atoms with E-state index in [0.717, 1.165) is 32.7 Å². The maximum atomic E-state index is 9.19. The van der Waals surface area contributed by atoms with Crippen molar-refractivity contribution < 1.29 is 4.74 Å². The molecular weight excluding hydrogens is 214 g/mol. The number of rotatable bonds is 9. The van der Waals surface area contributed by atoms with Crippen LogP contribution in [0.25, 0.3) is 0 Å². The maximum absolute atomic E-state index is 9.19. The molecule has 0 aliphatic carbocycles. The van der Waals surface area contributed by atoms with Gasteiger partial charge >= 0.3 is 0 Å². The number of nitrogens with zero attached hydrogens (tertiary/aromatic N) is 2. The van der Waals surface area contributed by atoms with Gasteiger partial charge in [0.05, 0.1) is 12.7 Å². The van der Waals surface area contributed by atoms with Crippen molar-refractivity contribution in [1.29, 1.82) is 5.26 Å². The Morgan fingerprint density at radius 1 is 1.47 bits per heavy atom. The highest BCUT2D eigenvalue weighted by molar-refractivity contribution is 5.03. The lowest BCUT2D eigenvalue weighted by molar-refractivity contribution is 0.0980. The Labute approximate surface area is 106 Å². The van der Waals surface area contributed by atoms with Crippen LogP contribution in [0.4, 0.5) is 0 Å². The predicted molar refractivity (Wildman–Crippen MR) is 70.9 cm³/mol. The van der Waals surface area contributed by atoms with Crippen molar-refractivity contribution in [1.82, 2.24) is 10.2 Å². The summed E-state index contributed by atoms with van der Waals surface area (Å²) in [7, 11) is 1.72. The van der Waals surface area contributed by atoms with Crippen LogP contribution in [-0.2, 0) is 4.74 Å². The van der Waals surface area contributed by atoms with Crippen molar-refractivity contribution in [3.05, 3.63) is 0 Å². The predicted octanol–water partition coefficient (Wildman–Crippen LogP) is 1.63. The summed E-state index contributed by atoms with van der Waals surface area (Å²) in [5.74, 6) is 0. The van der Waals surface area contributed by atoms with Gasteiger partial charge in [0, 0.05) is 19.7 Å². The Hall–Kier alpha value is -0.630. The SMILES string of the molecule is CCNC(C)(C#N)CCN(CC)C(C)COC. The molecule has 4 nitrogen and oxygen atoms in total. The molecule has 0 aromatic rings. The molecule has 0 aliphatic rings. The van der Waals surface area contributed by atoms with Gasteiger partial charge in [-0.2, -0.15) is 5.26 Å². The van der Waals surface area contributed by atoms with E-state index < -0.39 is 5.54 Å². The molecule has 0 saturated heterocycles. The lowest BCUT2D eigenvalue weighted by atomic mass is 9.99. The molecule has 100 valence electrons. The van der Waals surface area contributed by atoms with Gasteiger partial charge in [-0.05, 0) is 33.4 Å². The summed E-state index contributed by atoms with van der Waals surface area (Å²) in [5.41, 5.74) is -0.422. The van der Waals surface area contributed by atoms with Crippen LogP contribution in [-0.4, -0.2) is 49.8 Å². The number of methoxy groups -OCH3 is 1. The second-order valence-electron chi connectivity index (χ2n) is 4.66. The second kappa shape index (κ2) is 8.46. The van der Waals surface area contributed by atoms with Crippen LogP contribution in [0, 0.1) is 11.3 Å². The fourth-order valence-electron chi connectivity index (χ4n) is 1.98. The zero-order valence-electron chi connectivity index (χ0n) is 11.9. The first-order valence-corrected chi connectivity index (χ1v) is 6.42. The summed E-state index contributed by atoms with van der Waals surface area (Å²) in [6, 6.07) is 2.76. The van der Waals surface area contributed by atoms with Gasteiger partial charge in [0.15, 0.2) is 0 Å². The molecule has 0 bridgehead atoms. The molecule has 2 atom stereocenters. The molecule has 1 N–H and O–H groups in total. The standard InChI is InChI=1S/C13H27N3O/c1-6-15-13(4,11-14)8-9-16(7-2)12(3)10-17-5/h12,15H,6-10H2,1-5H3. The minimum atomic E-state index is -0.422. The number of hydrogen-bond donors (Lipinski definition) is 1. The Kier molecular flexibility index (Phi) is 8.15. The fraction of sp³-hybridized carbons (Fsp3) is 0.923. The van der Waals surface area contributed by atoms with E-state index in [-0.39, 0.29) is 0 Å². The van der Waals surface area contributed by atoms with Crippen molar-refractivity contribution in [2.75, 3.05) is 33.4 Å². The van der Waals surface area contributed by atoms with Crippen molar-refractivity contribution >= 4 is 0 Å². The van der Waals surface area contributed by atoms with E-state index in [4.69, 9.17) is 4.74 Å². The van der Waals surface area contributed by atoms with Gasteiger partial charge < -0.3 is 4.74 Å². The molecule has 0 heterocycles. The Bertz CT molecular complexity index is 239. The first kappa shape index (κ1) is 16.4. The topological polar surface area (TPSA) is 48.3 Å². The molecule has 0 saturated carbocycles. The molecule has 0 rings (SSSR count). The zero-order valence-corrected chi connectivity index (χ0v) is 11.9. The van der Waals surface area contributed by atoms with Gasteiger partial charge in [-0.1, -0.05) is 13.8 Å². The van der Waals surface area contributed by atoms with Crippen molar-refractivity contribution in [3.8, 4) is 6.07 Å². The third-order valence-electron chi connectivity index (χ3n) is 3.15. The van der Waals surface area contributed by atoms with E-state index in [1.807, 2.05) is 13.8 Å². The molecule has 0 aromatic carbocycles. The minimum absolute atomic E-state index is 0.398. The smallest absolute Gasteiger partial charge is 0.105 e. The minimum Gasteiger partial charge on any atom is -0.383 e. The number of nitrogens with one attached hydrogen (secondary N) is 1. The van der Waals surface area contributed by atoms with Crippen molar-refractivity contribution in [2.45, 2.75) is 45.7 Å². The molecule has 0 aliphatic heterocycles. The Morgan fingerprint density at radius 3 is 2.53 bits per heavy atom. The molecular formula is C13H27N3O. The average Bonchev–Trinajstić information content (AvgIpc) is 2.30. The van der Waals surface area contributed by atoms with Gasteiger partial charge in [0.2, 0.25) is 0 Å². The van der Waals surface area contributed by atoms with Crippen LogP contribution in [0.5, 0.6) is 0 Å². The third kappa shape index (κ3) is 6.02. The highest BCUT2D eigenvalue weighted by Gasteiger charge is 2.24. The van der Waals surface area contributed by atoms with E-state index in [1.165, 1.54) is 0 Å². The summed E-state index contributed by atoms with van der Waals surface area (Å²) >= 11 is 0. The number of likely N-dealkylation sites (N-methyl/N-ethyl adjacent to an activating group) is 1. The molecule has 0 aromatic heterocycles. The lowest BCUT2D eigenvalue weighted by Crippen LogP contribution is -2.45. The second-order valence-corrected chi connectivity index (χ2v) is 4.66. The molecule has 0 fully saturated rings. The number of nitriles is 1. The van der Waals surface area contributed by atoms with Crippen LogP contribution in [0.2, 0.25) is 0 Å². The van der Waals surface area contributed by atoms with Gasteiger partial charge in [-0.25, -0.2) is 0 Å². The van der Waals surface area contributed by atoms with E-state index in [9.17, 15) is 5.26 Å². The molecule has 0 amide bonds. The third-order valence-corrected chi connectivity index (χ3v) is 3.15. The van der Waals surface area contributed by atoms with E-state index in [0.29, 0.717) is 6.04 Å². The average molecular weight is 241 g/mol. The molecule has 0 radical (unpaired) electrons. The van der Waals surface area contributed by atoms with E-state index >= 15 is 0 Å². The highest BCUT2D eigenvalue weighted by Crippen LogP contribution is 2.11. The monoisotopic (exact) mass is 241 g/mol. The van der Waals surface area contributed by atoms with Crippen LogP contribution in [0.1, 0.15) is 34.1 Å². The summed E-state index contributed by atoms with van der Waals surface area (Å²) in [6.45, 7) is 11.7. The maximum Gasteiger partial charge on any atom is 0.105 e. The number of hydrogen-bond acceptors (Lipinski definition) is 4. The summed E-state index contributed by atoms with van der Waals surface area (Å²) in [4.78, 5) is 2.34. The molecule has 17 heavy (non-hydrogen) atoms. The van der Waals surface area contributed by atoms with Gasteiger partial charge in [-0.3, -0.25) is 10.2 Å². The summed E-state index contributed by atoms with van der Waals surface area (Å²) < 4.78 is 5.17. The Morgan fingerprint density at radius 2 is 2.12 bits per heavy atom. The van der Waals surface area contributed by atoms with Crippen LogP contribution in [0.3, 0.4) is 0 Å². The first-order chi connectivity index (χ1) is 8.02. The Balaban J connectivity index is 4.26. The summed E-state index contributed by atoms with van der Waals surface area (Å²) in [6.07, 6.45) is 0.833. The van der Waals surface area contributed by atoms with Crippen molar-refractivity contribution in [3.63, 3.8) is 0 Å². The quantitative estimate of drug-likeness (QED) is 0.666. The highest BCUT2D eigenvalue weighted by atomic mass is 16.5. The van der Waals surface area contributed by atoms with Gasteiger partial charge in [0.1, 0.15) is 5.54 Å². The zero-order chi connectivity index (χ0) is 13.3.